The summed E-state index contributed by atoms with van der Waals surface area (Å²) >= 11 is 1.41. The molecule has 1 unspecified atom stereocenters. The summed E-state index contributed by atoms with van der Waals surface area (Å²) in [5.41, 5.74) is 1.53. The lowest BCUT2D eigenvalue weighted by Crippen LogP contribution is -2.43. The van der Waals surface area contributed by atoms with Crippen LogP contribution in [0.4, 0.5) is 9.52 Å². The lowest BCUT2D eigenvalue weighted by Gasteiger charge is -2.22. The molecule has 1 aliphatic rings. The van der Waals surface area contributed by atoms with Crippen LogP contribution in [0, 0.1) is 12.7 Å². The molecule has 2 heterocycles. The number of ether oxygens (including phenoxy) is 1. The highest BCUT2D eigenvalue weighted by atomic mass is 35.5. The Bertz CT molecular complexity index is 720. The van der Waals surface area contributed by atoms with E-state index in [1.54, 1.807) is 25.3 Å². The van der Waals surface area contributed by atoms with Gasteiger partial charge in [0.25, 0.3) is 0 Å². The summed E-state index contributed by atoms with van der Waals surface area (Å²) in [6.45, 7) is 3.75. The highest BCUT2D eigenvalue weighted by molar-refractivity contribution is 7.15. The zero-order valence-electron chi connectivity index (χ0n) is 13.9. The Morgan fingerprint density at radius 1 is 1.52 bits per heavy atom. The van der Waals surface area contributed by atoms with E-state index in [1.165, 1.54) is 11.3 Å². The van der Waals surface area contributed by atoms with Crippen molar-refractivity contribution in [2.24, 2.45) is 0 Å². The second kappa shape index (κ2) is 9.24. The van der Waals surface area contributed by atoms with Crippen LogP contribution < -0.4 is 10.6 Å². The Labute approximate surface area is 156 Å². The van der Waals surface area contributed by atoms with Crippen molar-refractivity contribution < 1.29 is 13.9 Å². The number of anilines is 1. The van der Waals surface area contributed by atoms with Gasteiger partial charge in [0.15, 0.2) is 5.13 Å². The normalized spacial score (nSPS) is 17.0. The van der Waals surface area contributed by atoms with E-state index in [0.29, 0.717) is 36.8 Å². The van der Waals surface area contributed by atoms with Gasteiger partial charge in [-0.3, -0.25) is 4.79 Å². The molecule has 1 atom stereocenters. The number of halogens is 2. The summed E-state index contributed by atoms with van der Waals surface area (Å²) < 4.78 is 18.9. The molecular weight excluding hydrogens is 365 g/mol. The first-order chi connectivity index (χ1) is 11.6. The predicted molar refractivity (Wildman–Crippen MR) is 99.2 cm³/mol. The first-order valence-electron chi connectivity index (χ1n) is 7.91. The van der Waals surface area contributed by atoms with Gasteiger partial charge in [0.2, 0.25) is 5.91 Å². The number of rotatable bonds is 5. The van der Waals surface area contributed by atoms with Crippen LogP contribution in [0.1, 0.15) is 22.4 Å². The van der Waals surface area contributed by atoms with Gasteiger partial charge in [0.05, 0.1) is 13.2 Å². The minimum absolute atomic E-state index is 0. The summed E-state index contributed by atoms with van der Waals surface area (Å²) in [6.07, 6.45) is 2.68. The van der Waals surface area contributed by atoms with E-state index in [1.807, 2.05) is 6.07 Å². The number of hydrogen-bond acceptors (Lipinski definition) is 5. The van der Waals surface area contributed by atoms with E-state index >= 15 is 0 Å². The van der Waals surface area contributed by atoms with Crippen LogP contribution in [-0.2, 0) is 16.0 Å². The molecule has 1 aromatic carbocycles. The zero-order valence-corrected chi connectivity index (χ0v) is 15.5. The molecule has 1 amide bonds. The lowest BCUT2D eigenvalue weighted by molar-refractivity contribution is -0.117. The van der Waals surface area contributed by atoms with Crippen molar-refractivity contribution in [1.29, 1.82) is 0 Å². The quantitative estimate of drug-likeness (QED) is 0.830. The Kier molecular flexibility index (Phi) is 7.31. The maximum absolute atomic E-state index is 13.6. The van der Waals surface area contributed by atoms with Gasteiger partial charge in [-0.05, 0) is 24.1 Å². The maximum Gasteiger partial charge on any atom is 0.227 e. The zero-order chi connectivity index (χ0) is 16.9. The van der Waals surface area contributed by atoms with Crippen LogP contribution in [-0.4, -0.2) is 36.7 Å². The molecule has 0 saturated carbocycles. The van der Waals surface area contributed by atoms with Crippen molar-refractivity contribution in [2.75, 3.05) is 25.1 Å². The summed E-state index contributed by atoms with van der Waals surface area (Å²) in [5.74, 6) is -0.284. The molecule has 0 bridgehead atoms. The van der Waals surface area contributed by atoms with Gasteiger partial charge in [-0.1, -0.05) is 12.1 Å². The summed E-state index contributed by atoms with van der Waals surface area (Å²) in [6, 6.07) is 5.27. The molecule has 25 heavy (non-hydrogen) atoms. The second-order valence-electron chi connectivity index (χ2n) is 5.87. The Balaban J connectivity index is 0.00000225. The van der Waals surface area contributed by atoms with Gasteiger partial charge < -0.3 is 15.4 Å². The average Bonchev–Trinajstić information content (AvgIpc) is 2.98. The molecule has 1 saturated heterocycles. The molecule has 1 aliphatic heterocycles. The smallest absolute Gasteiger partial charge is 0.227 e. The monoisotopic (exact) mass is 385 g/mol. The van der Waals surface area contributed by atoms with Crippen molar-refractivity contribution in [1.82, 2.24) is 10.3 Å². The molecule has 0 radical (unpaired) electrons. The number of aromatic nitrogens is 1. The molecule has 2 N–H and O–H groups in total. The molecule has 3 rings (SSSR count). The minimum Gasteiger partial charge on any atom is -0.378 e. The van der Waals surface area contributed by atoms with Crippen LogP contribution in [0.5, 0.6) is 0 Å². The number of nitrogens with zero attached hydrogens (tertiary/aromatic N) is 1. The number of benzene rings is 1. The van der Waals surface area contributed by atoms with Crippen molar-refractivity contribution >= 4 is 34.8 Å². The Morgan fingerprint density at radius 2 is 2.36 bits per heavy atom. The van der Waals surface area contributed by atoms with Crippen molar-refractivity contribution in [3.8, 4) is 0 Å². The SMILES string of the molecule is Cc1ccc(Cc2cnc(NC(=O)CC3COCCN3)s2)cc1F.Cl. The largest absolute Gasteiger partial charge is 0.378 e. The minimum atomic E-state index is -0.201. The van der Waals surface area contributed by atoms with E-state index in [0.717, 1.165) is 17.0 Å². The first-order valence-corrected chi connectivity index (χ1v) is 8.72. The number of amides is 1. The van der Waals surface area contributed by atoms with Gasteiger partial charge in [0.1, 0.15) is 5.82 Å². The molecule has 2 aromatic rings. The third-order valence-electron chi connectivity index (χ3n) is 3.84. The summed E-state index contributed by atoms with van der Waals surface area (Å²) in [4.78, 5) is 17.2. The molecule has 8 heteroatoms. The lowest BCUT2D eigenvalue weighted by atomic mass is 10.1. The third kappa shape index (κ3) is 5.74. The van der Waals surface area contributed by atoms with Crippen molar-refractivity contribution in [2.45, 2.75) is 25.8 Å². The van der Waals surface area contributed by atoms with Gasteiger partial charge in [-0.15, -0.1) is 23.7 Å². The number of hydrogen-bond donors (Lipinski definition) is 2. The molecular formula is C17H21ClFN3O2S. The van der Waals surface area contributed by atoms with Gasteiger partial charge in [-0.2, -0.15) is 0 Å². The summed E-state index contributed by atoms with van der Waals surface area (Å²) in [5, 5.41) is 6.63. The molecule has 0 spiro atoms. The number of carbonyl (C=O) groups is 1. The summed E-state index contributed by atoms with van der Waals surface area (Å²) in [7, 11) is 0. The third-order valence-corrected chi connectivity index (χ3v) is 4.76. The van der Waals surface area contributed by atoms with Gasteiger partial charge in [-0.25, -0.2) is 9.37 Å². The van der Waals surface area contributed by atoms with E-state index in [9.17, 15) is 9.18 Å². The van der Waals surface area contributed by atoms with Crippen LogP contribution in [0.15, 0.2) is 24.4 Å². The van der Waals surface area contributed by atoms with Gasteiger partial charge in [0, 0.05) is 36.5 Å². The molecule has 1 fully saturated rings. The number of nitrogens with one attached hydrogen (secondary N) is 2. The van der Waals surface area contributed by atoms with Crippen LogP contribution in [0.25, 0.3) is 0 Å². The molecule has 1 aromatic heterocycles. The van der Waals surface area contributed by atoms with Crippen molar-refractivity contribution in [3.63, 3.8) is 0 Å². The van der Waals surface area contributed by atoms with E-state index in [2.05, 4.69) is 15.6 Å². The number of thiazole rings is 1. The highest BCUT2D eigenvalue weighted by Gasteiger charge is 2.17. The molecule has 0 aliphatic carbocycles. The van der Waals surface area contributed by atoms with Crippen LogP contribution >= 0.6 is 23.7 Å². The molecule has 136 valence electrons. The number of carbonyl (C=O) groups excluding carboxylic acids is 1. The number of aryl methyl sites for hydroxylation is 1. The highest BCUT2D eigenvalue weighted by Crippen LogP contribution is 2.22. The maximum atomic E-state index is 13.6. The predicted octanol–water partition coefficient (Wildman–Crippen LogP) is 2.92. The van der Waals surface area contributed by atoms with Gasteiger partial charge >= 0.3 is 0 Å². The van der Waals surface area contributed by atoms with E-state index in [4.69, 9.17) is 4.74 Å². The standard InChI is InChI=1S/C17H20FN3O2S.ClH/c1-11-2-3-12(7-15(11)18)6-14-9-20-17(24-14)21-16(22)8-13-10-23-5-4-19-13;/h2-3,7,9,13,19H,4-6,8,10H2,1H3,(H,20,21,22);1H. The fourth-order valence-electron chi connectivity index (χ4n) is 2.54. The number of morpholine rings is 1. The average molecular weight is 386 g/mol. The van der Waals surface area contributed by atoms with E-state index < -0.39 is 0 Å². The second-order valence-corrected chi connectivity index (χ2v) is 6.99. The fourth-order valence-corrected chi connectivity index (χ4v) is 3.40. The topological polar surface area (TPSA) is 63.2 Å². The Morgan fingerprint density at radius 3 is 3.08 bits per heavy atom. The first kappa shape index (κ1) is 19.8. The fraction of sp³-hybridized carbons (Fsp3) is 0.412. The molecule has 5 nitrogen and oxygen atoms in total. The van der Waals surface area contributed by atoms with E-state index in [-0.39, 0.29) is 30.2 Å². The van der Waals surface area contributed by atoms with Crippen molar-refractivity contribution in [3.05, 3.63) is 46.2 Å². The van der Waals surface area contributed by atoms with Crippen LogP contribution in [0.2, 0.25) is 0 Å². The van der Waals surface area contributed by atoms with Crippen LogP contribution in [0.3, 0.4) is 0 Å². The Hall–Kier alpha value is -1.54.